The molecule has 0 amide bonds. The van der Waals surface area contributed by atoms with Gasteiger partial charge in [0.1, 0.15) is 5.65 Å². The Morgan fingerprint density at radius 3 is 3.16 bits per heavy atom. The van der Waals surface area contributed by atoms with E-state index >= 15 is 0 Å². The molecule has 3 rings (SSSR count). The molecule has 0 unspecified atom stereocenters. The van der Waals surface area contributed by atoms with Crippen molar-refractivity contribution in [1.82, 2.24) is 20.0 Å². The number of aryl methyl sites for hydroxylation is 1. The van der Waals surface area contributed by atoms with E-state index in [0.29, 0.717) is 19.6 Å². The number of aromatic nitrogens is 2. The topological polar surface area (TPSA) is 61.6 Å². The van der Waals surface area contributed by atoms with Crippen molar-refractivity contribution in [3.05, 3.63) is 35.8 Å². The number of aliphatic hydroxyl groups is 1. The molecule has 2 aromatic rings. The highest BCUT2D eigenvalue weighted by atomic mass is 16.3. The van der Waals surface area contributed by atoms with Crippen LogP contribution in [0.25, 0.3) is 5.65 Å². The molecule has 3 heterocycles. The van der Waals surface area contributed by atoms with Crippen LogP contribution in [-0.4, -0.2) is 39.7 Å². The number of nitrogens with one attached hydrogen (secondary N) is 2. The van der Waals surface area contributed by atoms with Gasteiger partial charge in [-0.15, -0.1) is 0 Å². The molecule has 0 radical (unpaired) electrons. The Morgan fingerprint density at radius 2 is 2.37 bits per heavy atom. The van der Waals surface area contributed by atoms with Crippen LogP contribution < -0.4 is 10.6 Å². The smallest absolute Gasteiger partial charge is 0.137 e. The van der Waals surface area contributed by atoms with Gasteiger partial charge in [-0.25, -0.2) is 4.98 Å². The number of nitrogens with zero attached hydrogens (tertiary/aromatic N) is 2. The van der Waals surface area contributed by atoms with Crippen molar-refractivity contribution >= 4 is 5.65 Å². The highest BCUT2D eigenvalue weighted by molar-refractivity contribution is 5.41. The van der Waals surface area contributed by atoms with Crippen LogP contribution in [-0.2, 0) is 6.54 Å². The normalized spacial score (nSPS) is 23.3. The first-order chi connectivity index (χ1) is 9.15. The summed E-state index contributed by atoms with van der Waals surface area (Å²) in [5.41, 5.74) is 2.58. The van der Waals surface area contributed by atoms with E-state index in [1.807, 2.05) is 16.7 Å². The van der Waals surface area contributed by atoms with Gasteiger partial charge in [0.15, 0.2) is 0 Å². The fourth-order valence-electron chi connectivity index (χ4n) is 2.55. The van der Waals surface area contributed by atoms with Crippen LogP contribution in [0.2, 0.25) is 0 Å². The maximum Gasteiger partial charge on any atom is 0.137 e. The molecule has 1 aliphatic heterocycles. The lowest BCUT2D eigenvalue weighted by Gasteiger charge is -2.21. The van der Waals surface area contributed by atoms with Crippen molar-refractivity contribution in [2.75, 3.05) is 19.6 Å². The molecule has 1 aliphatic rings. The van der Waals surface area contributed by atoms with E-state index in [0.717, 1.165) is 24.3 Å². The fraction of sp³-hybridized carbons (Fsp3) is 0.500. The summed E-state index contributed by atoms with van der Waals surface area (Å²) in [6.45, 7) is 4.92. The van der Waals surface area contributed by atoms with Gasteiger partial charge in [0.05, 0.1) is 11.3 Å². The van der Waals surface area contributed by atoms with Crippen LogP contribution in [0.5, 0.6) is 0 Å². The Hall–Kier alpha value is -1.43. The van der Waals surface area contributed by atoms with Gasteiger partial charge in [0, 0.05) is 32.0 Å². The quantitative estimate of drug-likeness (QED) is 0.747. The van der Waals surface area contributed by atoms with Gasteiger partial charge in [-0.2, -0.15) is 0 Å². The maximum absolute atomic E-state index is 10.2. The zero-order valence-corrected chi connectivity index (χ0v) is 11.2. The first-order valence-electron chi connectivity index (χ1n) is 6.73. The molecular weight excluding hydrogens is 240 g/mol. The number of pyridine rings is 1. The summed E-state index contributed by atoms with van der Waals surface area (Å²) in [5, 5.41) is 16.7. The van der Waals surface area contributed by atoms with Crippen molar-refractivity contribution in [2.45, 2.75) is 25.5 Å². The number of hydrogen-bond acceptors (Lipinski definition) is 4. The van der Waals surface area contributed by atoms with E-state index in [9.17, 15) is 5.11 Å². The SMILES string of the molecule is Cc1ccc2nc(CNC[C@]3(O)CCNC3)cn2c1. The monoisotopic (exact) mass is 260 g/mol. The molecule has 1 fully saturated rings. The molecule has 0 aliphatic carbocycles. The van der Waals surface area contributed by atoms with E-state index in [1.54, 1.807) is 0 Å². The zero-order chi connectivity index (χ0) is 13.3. The predicted octanol–water partition coefficient (Wildman–Crippen LogP) is 0.457. The van der Waals surface area contributed by atoms with Crippen molar-refractivity contribution in [3.8, 4) is 0 Å². The molecule has 0 bridgehead atoms. The molecule has 5 nitrogen and oxygen atoms in total. The first-order valence-corrected chi connectivity index (χ1v) is 6.73. The third kappa shape index (κ3) is 2.78. The summed E-state index contributed by atoms with van der Waals surface area (Å²) >= 11 is 0. The van der Waals surface area contributed by atoms with Crippen LogP contribution in [0.3, 0.4) is 0 Å². The van der Waals surface area contributed by atoms with Crippen LogP contribution in [0.15, 0.2) is 24.5 Å². The Morgan fingerprint density at radius 1 is 1.47 bits per heavy atom. The third-order valence-corrected chi connectivity index (χ3v) is 3.63. The first kappa shape index (κ1) is 12.6. The number of hydrogen-bond donors (Lipinski definition) is 3. The summed E-state index contributed by atoms with van der Waals surface area (Å²) in [6.07, 6.45) is 4.91. The number of imidazole rings is 1. The van der Waals surface area contributed by atoms with Crippen molar-refractivity contribution in [1.29, 1.82) is 0 Å². The molecule has 1 saturated heterocycles. The second kappa shape index (κ2) is 4.92. The molecule has 3 N–H and O–H groups in total. The third-order valence-electron chi connectivity index (χ3n) is 3.63. The molecule has 5 heteroatoms. The van der Waals surface area contributed by atoms with E-state index < -0.39 is 5.60 Å². The summed E-state index contributed by atoms with van der Waals surface area (Å²) in [5.74, 6) is 0. The van der Waals surface area contributed by atoms with Gasteiger partial charge in [-0.3, -0.25) is 0 Å². The van der Waals surface area contributed by atoms with Crippen molar-refractivity contribution in [2.24, 2.45) is 0 Å². The Kier molecular flexibility index (Phi) is 3.26. The lowest BCUT2D eigenvalue weighted by atomic mass is 10.0. The van der Waals surface area contributed by atoms with Crippen molar-refractivity contribution < 1.29 is 5.11 Å². The average molecular weight is 260 g/mol. The summed E-state index contributed by atoms with van der Waals surface area (Å²) in [4.78, 5) is 4.54. The van der Waals surface area contributed by atoms with Crippen LogP contribution in [0, 0.1) is 6.92 Å². The minimum Gasteiger partial charge on any atom is -0.387 e. The predicted molar refractivity (Wildman–Crippen MR) is 74.1 cm³/mol. The molecule has 1 atom stereocenters. The molecule has 0 saturated carbocycles. The van der Waals surface area contributed by atoms with Gasteiger partial charge < -0.3 is 20.1 Å². The average Bonchev–Trinajstić information content (AvgIpc) is 2.95. The number of rotatable bonds is 4. The summed E-state index contributed by atoms with van der Waals surface area (Å²) in [6, 6.07) is 4.08. The maximum atomic E-state index is 10.2. The van der Waals surface area contributed by atoms with E-state index in [4.69, 9.17) is 0 Å². The van der Waals surface area contributed by atoms with Crippen molar-refractivity contribution in [3.63, 3.8) is 0 Å². The lowest BCUT2D eigenvalue weighted by Crippen LogP contribution is -2.42. The zero-order valence-electron chi connectivity index (χ0n) is 11.2. The highest BCUT2D eigenvalue weighted by Gasteiger charge is 2.30. The molecule has 0 aromatic carbocycles. The van der Waals surface area contributed by atoms with Crippen LogP contribution in [0.4, 0.5) is 0 Å². The van der Waals surface area contributed by atoms with E-state index in [-0.39, 0.29) is 0 Å². The van der Waals surface area contributed by atoms with Crippen LogP contribution >= 0.6 is 0 Å². The molecular formula is C14H20N4O. The Balaban J connectivity index is 1.62. The summed E-state index contributed by atoms with van der Waals surface area (Å²) in [7, 11) is 0. The van der Waals surface area contributed by atoms with Gasteiger partial charge in [0.2, 0.25) is 0 Å². The molecule has 19 heavy (non-hydrogen) atoms. The van der Waals surface area contributed by atoms with Gasteiger partial charge >= 0.3 is 0 Å². The second-order valence-electron chi connectivity index (χ2n) is 5.46. The van der Waals surface area contributed by atoms with Gasteiger partial charge in [-0.1, -0.05) is 6.07 Å². The second-order valence-corrected chi connectivity index (χ2v) is 5.46. The van der Waals surface area contributed by atoms with Gasteiger partial charge in [0.25, 0.3) is 0 Å². The van der Waals surface area contributed by atoms with Gasteiger partial charge in [-0.05, 0) is 31.5 Å². The minimum absolute atomic E-state index is 0.601. The number of fused-ring (bicyclic) bond motifs is 1. The standard InChI is InChI=1S/C14H20N4O/c1-11-2-3-13-17-12(8-18(13)7-11)6-16-10-14(19)4-5-15-9-14/h2-3,7-8,15-16,19H,4-6,9-10H2,1H3/t14-/m0/s1. The Labute approximate surface area is 112 Å². The van der Waals surface area contributed by atoms with E-state index in [2.05, 4.69) is 34.8 Å². The fourth-order valence-corrected chi connectivity index (χ4v) is 2.55. The van der Waals surface area contributed by atoms with E-state index in [1.165, 1.54) is 5.56 Å². The molecule has 102 valence electrons. The lowest BCUT2D eigenvalue weighted by molar-refractivity contribution is 0.0608. The number of β-amino-alcohol motifs (C(OH)–C–C–N with tert-alkyl or cyclic N) is 1. The van der Waals surface area contributed by atoms with Crippen LogP contribution in [0.1, 0.15) is 17.7 Å². The minimum atomic E-state index is -0.601. The Bertz CT molecular complexity index is 572. The highest BCUT2D eigenvalue weighted by Crippen LogP contribution is 2.13. The summed E-state index contributed by atoms with van der Waals surface area (Å²) < 4.78 is 2.04. The largest absolute Gasteiger partial charge is 0.387 e. The molecule has 2 aromatic heterocycles. The molecule has 0 spiro atoms.